The van der Waals surface area contributed by atoms with E-state index in [2.05, 4.69) is 16.8 Å². The molecule has 9 atom stereocenters. The number of carbonyl (C=O) groups is 4. The Balaban J connectivity index is 1.09. The van der Waals surface area contributed by atoms with Crippen molar-refractivity contribution in [2.45, 2.75) is 116 Å². The number of amides is 1. The second-order valence-corrected chi connectivity index (χ2v) is 21.4. The highest BCUT2D eigenvalue weighted by Crippen LogP contribution is 2.57. The number of anilines is 1. The van der Waals surface area contributed by atoms with Crippen molar-refractivity contribution in [2.24, 2.45) is 34.5 Å². The SMILES string of the molecule is C=C[C@@H]1CC1(CC(=O)[C@@H]1C[C@@H](Oc2cc(-c3csc(NC(C)C)n3)nc3c(Cl)c(OCCN4CC[C@@H](OC)C4)ccc23)CN1C(=O)[C@@H](CC(=O)OC1C[C@@H]2C[C@@H]2C1)C(C)(C)C)C(=O)OC. The van der Waals surface area contributed by atoms with Crippen LogP contribution in [0, 0.1) is 34.5 Å². The van der Waals surface area contributed by atoms with Crippen molar-refractivity contribution in [3.8, 4) is 22.9 Å². The summed E-state index contributed by atoms with van der Waals surface area (Å²) in [6.45, 7) is 16.7. The summed E-state index contributed by atoms with van der Waals surface area (Å²) in [5, 5.41) is 6.96. The normalized spacial score (nSPS) is 27.6. The summed E-state index contributed by atoms with van der Waals surface area (Å²) in [7, 11) is 3.06. The first-order valence-electron chi connectivity index (χ1n) is 23.1. The maximum absolute atomic E-state index is 15.0. The molecule has 352 valence electrons. The zero-order valence-corrected chi connectivity index (χ0v) is 40.3. The van der Waals surface area contributed by atoms with Gasteiger partial charge in [0.1, 0.15) is 41.0 Å². The number of Topliss-reactive ketones (excluding diaryl/α,β-unsaturated/α-hetero) is 1. The highest BCUT2D eigenvalue weighted by molar-refractivity contribution is 7.14. The van der Waals surface area contributed by atoms with Crippen molar-refractivity contribution in [1.29, 1.82) is 0 Å². The second-order valence-electron chi connectivity index (χ2n) is 20.2. The van der Waals surface area contributed by atoms with E-state index in [4.69, 9.17) is 45.3 Å². The summed E-state index contributed by atoms with van der Waals surface area (Å²) in [4.78, 5) is 70.0. The summed E-state index contributed by atoms with van der Waals surface area (Å²) in [6, 6.07) is 4.73. The van der Waals surface area contributed by atoms with Crippen LogP contribution in [-0.4, -0.2) is 121 Å². The van der Waals surface area contributed by atoms with E-state index < -0.39 is 40.8 Å². The van der Waals surface area contributed by atoms with E-state index in [9.17, 15) is 19.2 Å². The number of thiazole rings is 1. The number of pyridine rings is 1. The van der Waals surface area contributed by atoms with E-state index in [1.807, 2.05) is 58.2 Å². The third kappa shape index (κ3) is 10.3. The number of ketones is 1. The predicted molar refractivity (Wildman–Crippen MR) is 249 cm³/mol. The van der Waals surface area contributed by atoms with Gasteiger partial charge in [0.25, 0.3) is 0 Å². The third-order valence-electron chi connectivity index (χ3n) is 14.2. The van der Waals surface area contributed by atoms with Crippen LogP contribution in [-0.2, 0) is 33.4 Å². The third-order valence-corrected chi connectivity index (χ3v) is 15.3. The first-order valence-corrected chi connectivity index (χ1v) is 24.4. The van der Waals surface area contributed by atoms with E-state index in [1.54, 1.807) is 18.1 Å². The minimum absolute atomic E-state index is 0.0621. The molecule has 3 aliphatic carbocycles. The number of methoxy groups -OCH3 is 2. The van der Waals surface area contributed by atoms with Gasteiger partial charge in [-0.2, -0.15) is 0 Å². The Morgan fingerprint density at radius 1 is 1.02 bits per heavy atom. The monoisotopic (exact) mass is 933 g/mol. The lowest BCUT2D eigenvalue weighted by molar-refractivity contribution is -0.157. The number of rotatable bonds is 19. The topological polar surface area (TPSA) is 159 Å². The minimum Gasteiger partial charge on any atom is -0.491 e. The summed E-state index contributed by atoms with van der Waals surface area (Å²) in [5.41, 5.74) is -0.0917. The Hall–Kier alpha value is -4.31. The predicted octanol–water partition coefficient (Wildman–Crippen LogP) is 8.00. The molecular formula is C49H64ClN5O9S. The van der Waals surface area contributed by atoms with Crippen LogP contribution in [0.25, 0.3) is 22.3 Å². The van der Waals surface area contributed by atoms with Gasteiger partial charge in [-0.15, -0.1) is 17.9 Å². The maximum atomic E-state index is 15.0. The van der Waals surface area contributed by atoms with Gasteiger partial charge in [0.15, 0.2) is 10.9 Å². The molecule has 2 saturated heterocycles. The number of aromatic nitrogens is 2. The summed E-state index contributed by atoms with van der Waals surface area (Å²) < 4.78 is 29.8. The molecule has 0 radical (unpaired) electrons. The number of benzene rings is 1. The van der Waals surface area contributed by atoms with Crippen LogP contribution >= 0.6 is 22.9 Å². The van der Waals surface area contributed by atoms with E-state index in [-0.39, 0.29) is 61.7 Å². The molecule has 0 spiro atoms. The average molecular weight is 935 g/mol. The zero-order chi connectivity index (χ0) is 46.4. The Morgan fingerprint density at radius 2 is 1.78 bits per heavy atom. The molecule has 5 aliphatic rings. The number of ether oxygens (including phenoxy) is 5. The van der Waals surface area contributed by atoms with Crippen molar-refractivity contribution in [1.82, 2.24) is 19.8 Å². The fourth-order valence-electron chi connectivity index (χ4n) is 10.2. The molecule has 5 fully saturated rings. The van der Waals surface area contributed by atoms with Gasteiger partial charge in [-0.1, -0.05) is 38.4 Å². The van der Waals surface area contributed by atoms with Gasteiger partial charge in [-0.05, 0) is 81.3 Å². The van der Waals surface area contributed by atoms with Crippen molar-refractivity contribution < 1.29 is 42.9 Å². The molecule has 3 saturated carbocycles. The Labute approximate surface area is 391 Å². The summed E-state index contributed by atoms with van der Waals surface area (Å²) in [6.07, 6.45) is 5.40. The van der Waals surface area contributed by atoms with Crippen LogP contribution in [0.2, 0.25) is 5.02 Å². The van der Waals surface area contributed by atoms with Crippen molar-refractivity contribution in [3.05, 3.63) is 41.3 Å². The molecule has 16 heteroatoms. The molecule has 8 rings (SSSR count). The van der Waals surface area contributed by atoms with E-state index >= 15 is 0 Å². The van der Waals surface area contributed by atoms with Crippen LogP contribution in [0.4, 0.5) is 5.13 Å². The standard InChI is InChI=1S/C49H64ClN5O9S/c1-9-30-22-49(30,46(59)61-8)23-39(56)38-19-33(25-55(38)45(58)35(48(4,5)6)20-42(57)64-32-17-28-16-29(28)18-32)63-41-21-36(37-26-65-47(53-37)51-27(2)3)52-44-34(41)10-11-40(43(44)50)62-15-14-54-13-12-31(24-54)60-7/h9-11,21,26-33,35,38H,1,12-20,22-25H2,2-8H3,(H,51,53)/t28-,29+,30-,31-,32?,33-,35-,38+,49?/m1/s1. The number of esters is 2. The molecule has 14 nitrogen and oxygen atoms in total. The highest BCUT2D eigenvalue weighted by Gasteiger charge is 2.61. The Bertz CT molecular complexity index is 2290. The fraction of sp³-hybridized carbons (Fsp3) is 0.633. The van der Waals surface area contributed by atoms with Crippen molar-refractivity contribution in [3.63, 3.8) is 0 Å². The molecule has 0 bridgehead atoms. The van der Waals surface area contributed by atoms with Crippen LogP contribution in [0.15, 0.2) is 36.2 Å². The number of carbonyl (C=O) groups excluding carboxylic acids is 4. The van der Waals surface area contributed by atoms with E-state index in [0.29, 0.717) is 70.2 Å². The summed E-state index contributed by atoms with van der Waals surface area (Å²) in [5.74, 6) is -0.290. The van der Waals surface area contributed by atoms with Gasteiger partial charge in [0.05, 0.1) is 54.8 Å². The lowest BCUT2D eigenvalue weighted by atomic mass is 9.77. The number of nitrogens with one attached hydrogen (secondary N) is 1. The van der Waals surface area contributed by atoms with Crippen LogP contribution in [0.1, 0.15) is 86.0 Å². The van der Waals surface area contributed by atoms with Gasteiger partial charge < -0.3 is 33.9 Å². The molecule has 1 amide bonds. The average Bonchev–Trinajstić information content (AvgIpc) is 3.74. The molecular weight excluding hydrogens is 870 g/mol. The first-order chi connectivity index (χ1) is 31.0. The van der Waals surface area contributed by atoms with Crippen molar-refractivity contribution in [2.75, 3.05) is 52.3 Å². The Morgan fingerprint density at radius 3 is 2.45 bits per heavy atom. The molecule has 2 unspecified atom stereocenters. The van der Waals surface area contributed by atoms with Gasteiger partial charge in [0, 0.05) is 62.5 Å². The zero-order valence-electron chi connectivity index (χ0n) is 38.7. The van der Waals surface area contributed by atoms with Crippen LogP contribution in [0.5, 0.6) is 11.5 Å². The van der Waals surface area contributed by atoms with Gasteiger partial charge in [0.2, 0.25) is 5.91 Å². The number of hydrogen-bond acceptors (Lipinski definition) is 14. The van der Waals surface area contributed by atoms with E-state index in [1.165, 1.54) is 24.9 Å². The van der Waals surface area contributed by atoms with Gasteiger partial charge in [-0.3, -0.25) is 24.1 Å². The number of fused-ring (bicyclic) bond motifs is 2. The number of likely N-dealkylation sites (tertiary alicyclic amines) is 2. The largest absolute Gasteiger partial charge is 0.491 e. The molecule has 2 aromatic heterocycles. The number of hydrogen-bond donors (Lipinski definition) is 1. The lowest BCUT2D eigenvalue weighted by Crippen LogP contribution is -2.48. The fourth-order valence-corrected chi connectivity index (χ4v) is 11.4. The number of allylic oxidation sites excluding steroid dienone is 1. The van der Waals surface area contributed by atoms with Crippen molar-refractivity contribution >= 4 is 62.6 Å². The van der Waals surface area contributed by atoms with Crippen LogP contribution in [0.3, 0.4) is 0 Å². The second kappa shape index (κ2) is 19.1. The smallest absolute Gasteiger partial charge is 0.312 e. The molecule has 1 aromatic carbocycles. The molecule has 2 aliphatic heterocycles. The Kier molecular flexibility index (Phi) is 13.9. The quantitative estimate of drug-likeness (QED) is 0.0912. The van der Waals surface area contributed by atoms with Gasteiger partial charge >= 0.3 is 11.9 Å². The minimum atomic E-state index is -1.04. The molecule has 3 aromatic rings. The first kappa shape index (κ1) is 47.2. The van der Waals surface area contributed by atoms with Gasteiger partial charge in [-0.25, -0.2) is 9.97 Å². The molecule has 1 N–H and O–H groups in total. The molecule has 65 heavy (non-hydrogen) atoms. The maximum Gasteiger partial charge on any atom is 0.312 e. The molecule has 4 heterocycles. The number of halogens is 1. The number of nitrogens with zero attached hydrogens (tertiary/aromatic N) is 4. The highest BCUT2D eigenvalue weighted by atomic mass is 35.5. The van der Waals surface area contributed by atoms with Crippen LogP contribution < -0.4 is 14.8 Å². The summed E-state index contributed by atoms with van der Waals surface area (Å²) >= 11 is 8.62. The lowest BCUT2D eigenvalue weighted by Gasteiger charge is -2.35. The van der Waals surface area contributed by atoms with E-state index in [0.717, 1.165) is 37.5 Å².